The van der Waals surface area contributed by atoms with E-state index in [1.165, 1.54) is 25.7 Å². The SMILES string of the molecule is CN(C)c1ccc(C(=O)N[C@@H]2[C@H]3CCO[C@H]3C23CCCC3)nn1. The fraction of sp³-hybridized carbons (Fsp3) is 0.706. The van der Waals surface area contributed by atoms with Crippen molar-refractivity contribution in [3.63, 3.8) is 0 Å². The van der Waals surface area contributed by atoms with E-state index < -0.39 is 0 Å². The minimum absolute atomic E-state index is 0.107. The number of nitrogens with one attached hydrogen (secondary N) is 1. The Kier molecular flexibility index (Phi) is 3.52. The van der Waals surface area contributed by atoms with E-state index in [9.17, 15) is 4.79 Å². The first-order valence-electron chi connectivity index (χ1n) is 8.55. The Balaban J connectivity index is 1.49. The fourth-order valence-corrected chi connectivity index (χ4v) is 4.80. The van der Waals surface area contributed by atoms with Crippen LogP contribution in [-0.4, -0.2) is 49.0 Å². The van der Waals surface area contributed by atoms with Crippen LogP contribution < -0.4 is 10.2 Å². The second-order valence-electron chi connectivity index (χ2n) is 7.31. The van der Waals surface area contributed by atoms with Gasteiger partial charge in [-0.3, -0.25) is 4.79 Å². The number of carbonyl (C=O) groups excluding carboxylic acids is 1. The van der Waals surface area contributed by atoms with E-state index in [2.05, 4.69) is 15.5 Å². The molecule has 1 aliphatic heterocycles. The monoisotopic (exact) mass is 316 g/mol. The summed E-state index contributed by atoms with van der Waals surface area (Å²) in [5.41, 5.74) is 0.569. The number of ether oxygens (including phenoxy) is 1. The van der Waals surface area contributed by atoms with Gasteiger partial charge in [-0.05, 0) is 31.4 Å². The third kappa shape index (κ3) is 2.23. The van der Waals surface area contributed by atoms with Crippen LogP contribution in [0.5, 0.6) is 0 Å². The molecule has 0 radical (unpaired) electrons. The van der Waals surface area contributed by atoms with Crippen molar-refractivity contribution >= 4 is 11.7 Å². The molecule has 2 aliphatic carbocycles. The molecule has 0 unspecified atom stereocenters. The van der Waals surface area contributed by atoms with Crippen molar-refractivity contribution in [2.75, 3.05) is 25.6 Å². The molecule has 0 bridgehead atoms. The highest BCUT2D eigenvalue weighted by Crippen LogP contribution is 2.60. The summed E-state index contributed by atoms with van der Waals surface area (Å²) < 4.78 is 5.96. The van der Waals surface area contributed by atoms with Gasteiger partial charge < -0.3 is 15.0 Å². The largest absolute Gasteiger partial charge is 0.377 e. The smallest absolute Gasteiger partial charge is 0.272 e. The van der Waals surface area contributed by atoms with Crippen LogP contribution in [0.25, 0.3) is 0 Å². The normalized spacial score (nSPS) is 30.8. The minimum atomic E-state index is -0.107. The van der Waals surface area contributed by atoms with E-state index in [1.807, 2.05) is 25.1 Å². The van der Waals surface area contributed by atoms with Crippen LogP contribution >= 0.6 is 0 Å². The summed E-state index contributed by atoms with van der Waals surface area (Å²) in [5.74, 6) is 1.12. The van der Waals surface area contributed by atoms with Crippen LogP contribution in [0.3, 0.4) is 0 Å². The third-order valence-electron chi connectivity index (χ3n) is 5.91. The highest BCUT2D eigenvalue weighted by Gasteiger charge is 2.65. The van der Waals surface area contributed by atoms with Gasteiger partial charge in [-0.25, -0.2) is 0 Å². The second kappa shape index (κ2) is 5.44. The van der Waals surface area contributed by atoms with Crippen LogP contribution in [0.4, 0.5) is 5.82 Å². The zero-order chi connectivity index (χ0) is 16.0. The molecule has 1 aromatic rings. The molecular formula is C17H24N4O2. The van der Waals surface area contributed by atoms with Crippen LogP contribution in [0.2, 0.25) is 0 Å². The molecule has 4 rings (SSSR count). The maximum absolute atomic E-state index is 12.6. The predicted octanol–water partition coefficient (Wildman–Crippen LogP) is 1.62. The summed E-state index contributed by atoms with van der Waals surface area (Å²) in [4.78, 5) is 14.5. The van der Waals surface area contributed by atoms with Crippen molar-refractivity contribution in [2.45, 2.75) is 44.2 Å². The Labute approximate surface area is 136 Å². The Bertz CT molecular complexity index is 595. The highest BCUT2D eigenvalue weighted by molar-refractivity contribution is 5.92. The first kappa shape index (κ1) is 14.9. The van der Waals surface area contributed by atoms with Gasteiger partial charge in [0.1, 0.15) is 0 Å². The molecule has 3 aliphatic rings. The second-order valence-corrected chi connectivity index (χ2v) is 7.31. The molecule has 2 saturated carbocycles. The lowest BCUT2D eigenvalue weighted by atomic mass is 9.54. The number of aromatic nitrogens is 2. The average Bonchev–Trinajstić information content (AvgIpc) is 3.21. The predicted molar refractivity (Wildman–Crippen MR) is 86.4 cm³/mol. The molecule has 3 fully saturated rings. The van der Waals surface area contributed by atoms with Crippen molar-refractivity contribution in [1.82, 2.24) is 15.5 Å². The average molecular weight is 316 g/mol. The first-order valence-corrected chi connectivity index (χ1v) is 8.55. The Morgan fingerprint density at radius 3 is 2.74 bits per heavy atom. The molecule has 1 aromatic heterocycles. The van der Waals surface area contributed by atoms with Crippen molar-refractivity contribution in [1.29, 1.82) is 0 Å². The van der Waals surface area contributed by atoms with Crippen LogP contribution in [0.15, 0.2) is 12.1 Å². The molecular weight excluding hydrogens is 292 g/mol. The van der Waals surface area contributed by atoms with Crippen LogP contribution in [0, 0.1) is 11.3 Å². The molecule has 23 heavy (non-hydrogen) atoms. The van der Waals surface area contributed by atoms with Crippen molar-refractivity contribution in [3.8, 4) is 0 Å². The molecule has 0 aromatic carbocycles. The van der Waals surface area contributed by atoms with Gasteiger partial charge in [-0.2, -0.15) is 0 Å². The molecule has 1 saturated heterocycles. The first-order chi connectivity index (χ1) is 11.1. The van der Waals surface area contributed by atoms with E-state index in [-0.39, 0.29) is 17.4 Å². The summed E-state index contributed by atoms with van der Waals surface area (Å²) in [5, 5.41) is 11.4. The molecule has 1 spiro atoms. The van der Waals surface area contributed by atoms with Crippen LogP contribution in [0.1, 0.15) is 42.6 Å². The lowest BCUT2D eigenvalue weighted by Crippen LogP contribution is -2.68. The summed E-state index contributed by atoms with van der Waals surface area (Å²) >= 11 is 0. The van der Waals surface area contributed by atoms with Crippen molar-refractivity contribution in [2.24, 2.45) is 11.3 Å². The lowest BCUT2D eigenvalue weighted by Gasteiger charge is -2.56. The van der Waals surface area contributed by atoms with Crippen molar-refractivity contribution in [3.05, 3.63) is 17.8 Å². The van der Waals surface area contributed by atoms with E-state index in [1.54, 1.807) is 6.07 Å². The van der Waals surface area contributed by atoms with Crippen molar-refractivity contribution < 1.29 is 9.53 Å². The Hall–Kier alpha value is -1.69. The standard InChI is InChI=1S/C17H24N4O2/c1-21(2)13-6-5-12(19-20-13)16(22)18-14-11-7-10-23-15(11)17(14)8-3-4-9-17/h5-6,11,14-15H,3-4,7-10H2,1-2H3,(H,18,22)/t11-,14-,15-/m1/s1. The number of carbonyl (C=O) groups is 1. The van der Waals surface area contributed by atoms with Crippen LogP contribution in [-0.2, 0) is 4.74 Å². The van der Waals surface area contributed by atoms with E-state index in [4.69, 9.17) is 4.74 Å². The van der Waals surface area contributed by atoms with Gasteiger partial charge in [0.2, 0.25) is 0 Å². The zero-order valence-corrected chi connectivity index (χ0v) is 13.8. The number of hydrogen-bond donors (Lipinski definition) is 1. The molecule has 1 amide bonds. The summed E-state index contributed by atoms with van der Waals surface area (Å²) in [6, 6.07) is 3.82. The molecule has 3 atom stereocenters. The Morgan fingerprint density at radius 2 is 2.09 bits per heavy atom. The molecule has 124 valence electrons. The van der Waals surface area contributed by atoms with Gasteiger partial charge >= 0.3 is 0 Å². The number of fused-ring (bicyclic) bond motifs is 2. The Morgan fingerprint density at radius 1 is 1.30 bits per heavy atom. The van der Waals surface area contributed by atoms with Gasteiger partial charge in [0.15, 0.2) is 11.5 Å². The number of anilines is 1. The highest BCUT2D eigenvalue weighted by atomic mass is 16.5. The van der Waals surface area contributed by atoms with E-state index >= 15 is 0 Å². The quantitative estimate of drug-likeness (QED) is 0.918. The van der Waals surface area contributed by atoms with E-state index in [0.29, 0.717) is 17.7 Å². The maximum atomic E-state index is 12.6. The van der Waals surface area contributed by atoms with Gasteiger partial charge in [0.05, 0.1) is 6.10 Å². The maximum Gasteiger partial charge on any atom is 0.272 e. The number of nitrogens with zero attached hydrogens (tertiary/aromatic N) is 3. The number of rotatable bonds is 3. The lowest BCUT2D eigenvalue weighted by molar-refractivity contribution is -0.126. The fourth-order valence-electron chi connectivity index (χ4n) is 4.80. The van der Waals surface area contributed by atoms with Gasteiger partial charge in [0.25, 0.3) is 5.91 Å². The molecule has 6 nitrogen and oxygen atoms in total. The summed E-state index contributed by atoms with van der Waals surface area (Å²) in [7, 11) is 3.81. The van der Waals surface area contributed by atoms with Gasteiger partial charge in [0, 0.05) is 38.1 Å². The third-order valence-corrected chi connectivity index (χ3v) is 5.91. The summed E-state index contributed by atoms with van der Waals surface area (Å²) in [6.45, 7) is 0.834. The van der Waals surface area contributed by atoms with Gasteiger partial charge in [-0.1, -0.05) is 12.8 Å². The molecule has 2 heterocycles. The molecule has 6 heteroatoms. The summed E-state index contributed by atoms with van der Waals surface area (Å²) in [6.07, 6.45) is 6.25. The van der Waals surface area contributed by atoms with E-state index in [0.717, 1.165) is 18.8 Å². The number of amides is 1. The molecule has 1 N–H and O–H groups in total. The minimum Gasteiger partial charge on any atom is -0.377 e. The number of hydrogen-bond acceptors (Lipinski definition) is 5. The zero-order valence-electron chi connectivity index (χ0n) is 13.8. The van der Waals surface area contributed by atoms with Gasteiger partial charge in [-0.15, -0.1) is 10.2 Å². The topological polar surface area (TPSA) is 67.4 Å².